The Morgan fingerprint density at radius 2 is 1.57 bits per heavy atom. The highest BCUT2D eigenvalue weighted by Crippen LogP contribution is 1.40. The average molecular weight is 100 g/mol. The van der Waals surface area contributed by atoms with E-state index in [2.05, 4.69) is 18.9 Å². The maximum Gasteiger partial charge on any atom is 0.0104 e. The van der Waals surface area contributed by atoms with Gasteiger partial charge in [-0.05, 0) is 6.20 Å². The molecule has 0 aliphatic rings. The maximum absolute atomic E-state index is 4.91. The third kappa shape index (κ3) is 955. The Hall–Kier alpha value is -0.760. The second-order valence-electron chi connectivity index (χ2n) is 0.760. The molecule has 0 aromatic carbocycles. The lowest BCUT2D eigenvalue weighted by Crippen LogP contribution is -1.90. The van der Waals surface area contributed by atoms with E-state index in [-0.39, 0.29) is 0 Å². The Balaban J connectivity index is 0. The summed E-state index contributed by atoms with van der Waals surface area (Å²) < 4.78 is 0. The first kappa shape index (κ1) is 9.53. The van der Waals surface area contributed by atoms with Crippen molar-refractivity contribution in [2.75, 3.05) is 6.54 Å². The van der Waals surface area contributed by atoms with E-state index in [0.717, 1.165) is 0 Å². The largest absolute Gasteiger partial charge is 0.405 e. The Bertz CT molecular complexity index is 41.3. The van der Waals surface area contributed by atoms with Crippen LogP contribution in [0.5, 0.6) is 0 Å². The molecule has 2 heteroatoms. The average Bonchev–Trinajstić information content (AvgIpc) is 1.69. The minimum Gasteiger partial charge on any atom is -0.405 e. The van der Waals surface area contributed by atoms with Crippen molar-refractivity contribution in [3.05, 3.63) is 25.4 Å². The molecule has 0 amide bonds. The predicted octanol–water partition coefficient (Wildman–Crippen LogP) is 0.220. The van der Waals surface area contributed by atoms with Gasteiger partial charge in [0.1, 0.15) is 0 Å². The van der Waals surface area contributed by atoms with Crippen molar-refractivity contribution in [2.45, 2.75) is 0 Å². The molecule has 2 nitrogen and oxygen atoms in total. The smallest absolute Gasteiger partial charge is 0.0104 e. The molecule has 0 bridgehead atoms. The molecule has 0 unspecified atom stereocenters. The van der Waals surface area contributed by atoms with Crippen molar-refractivity contribution >= 4 is 0 Å². The van der Waals surface area contributed by atoms with Crippen molar-refractivity contribution < 1.29 is 0 Å². The molecule has 0 aliphatic heterocycles. The van der Waals surface area contributed by atoms with Crippen LogP contribution < -0.4 is 11.5 Å². The number of rotatable bonds is 1. The summed E-state index contributed by atoms with van der Waals surface area (Å²) >= 11 is 0. The van der Waals surface area contributed by atoms with Gasteiger partial charge in [0.05, 0.1) is 0 Å². The van der Waals surface area contributed by atoms with E-state index >= 15 is 0 Å². The van der Waals surface area contributed by atoms with Crippen molar-refractivity contribution in [1.29, 1.82) is 0 Å². The molecule has 7 heavy (non-hydrogen) atoms. The SMILES string of the molecule is C=CCN.C=CN. The van der Waals surface area contributed by atoms with Crippen LogP contribution in [0.25, 0.3) is 0 Å². The summed E-state index contributed by atoms with van der Waals surface area (Å²) in [5.74, 6) is 0. The van der Waals surface area contributed by atoms with E-state index in [4.69, 9.17) is 5.73 Å². The Morgan fingerprint density at radius 1 is 1.43 bits per heavy atom. The third-order valence-corrected chi connectivity index (χ3v) is 0.167. The van der Waals surface area contributed by atoms with Crippen LogP contribution in [0, 0.1) is 0 Å². The van der Waals surface area contributed by atoms with Gasteiger partial charge in [-0.15, -0.1) is 6.58 Å². The second-order valence-corrected chi connectivity index (χ2v) is 0.760. The molecule has 0 radical (unpaired) electrons. The topological polar surface area (TPSA) is 52.0 Å². The fraction of sp³-hybridized carbons (Fsp3) is 0.200. The minimum atomic E-state index is 0.583. The van der Waals surface area contributed by atoms with Crippen LogP contribution in [0.3, 0.4) is 0 Å². The molecule has 0 rings (SSSR count). The third-order valence-electron chi connectivity index (χ3n) is 0.167. The molecule has 0 aromatic heterocycles. The normalized spacial score (nSPS) is 5.29. The summed E-state index contributed by atoms with van der Waals surface area (Å²) in [6.07, 6.45) is 2.90. The molecule has 0 heterocycles. The summed E-state index contributed by atoms with van der Waals surface area (Å²) in [6.45, 7) is 7.08. The molecule has 0 fully saturated rings. The lowest BCUT2D eigenvalue weighted by Gasteiger charge is -1.61. The van der Waals surface area contributed by atoms with Crippen LogP contribution in [-0.4, -0.2) is 6.54 Å². The molecular weight excluding hydrogens is 88.1 g/mol. The van der Waals surface area contributed by atoms with Gasteiger partial charge in [-0.25, -0.2) is 0 Å². The summed E-state index contributed by atoms with van der Waals surface area (Å²) in [5, 5.41) is 0. The van der Waals surface area contributed by atoms with E-state index in [0.29, 0.717) is 6.54 Å². The van der Waals surface area contributed by atoms with Gasteiger partial charge in [0.25, 0.3) is 0 Å². The standard InChI is InChI=1S/C3H7N.C2H5N/c1-2-3-4;1-2-3/h2H,1,3-4H2;2H,1,3H2. The Labute approximate surface area is 44.5 Å². The van der Waals surface area contributed by atoms with Crippen molar-refractivity contribution in [3.8, 4) is 0 Å². The first-order valence-electron chi connectivity index (χ1n) is 1.97. The van der Waals surface area contributed by atoms with E-state index in [1.54, 1.807) is 6.08 Å². The van der Waals surface area contributed by atoms with Crippen LogP contribution in [0.1, 0.15) is 0 Å². The maximum atomic E-state index is 4.91. The number of hydrogen-bond acceptors (Lipinski definition) is 2. The van der Waals surface area contributed by atoms with Gasteiger partial charge in [-0.2, -0.15) is 0 Å². The zero-order valence-electron chi connectivity index (χ0n) is 4.43. The van der Waals surface area contributed by atoms with Crippen LogP contribution >= 0.6 is 0 Å². The molecule has 0 atom stereocenters. The van der Waals surface area contributed by atoms with Gasteiger partial charge < -0.3 is 11.5 Å². The van der Waals surface area contributed by atoms with Gasteiger partial charge in [0, 0.05) is 6.54 Å². The highest BCUT2D eigenvalue weighted by Gasteiger charge is 1.43. The Kier molecular flexibility index (Phi) is 25.6. The van der Waals surface area contributed by atoms with Crippen molar-refractivity contribution in [1.82, 2.24) is 0 Å². The summed E-state index contributed by atoms with van der Waals surface area (Å²) in [7, 11) is 0. The molecule has 42 valence electrons. The fourth-order valence-electron chi connectivity index (χ4n) is 0. The highest BCUT2D eigenvalue weighted by atomic mass is 14.5. The van der Waals surface area contributed by atoms with Gasteiger partial charge in [-0.1, -0.05) is 12.7 Å². The molecule has 0 aliphatic carbocycles. The van der Waals surface area contributed by atoms with Crippen LogP contribution in [0.15, 0.2) is 25.4 Å². The number of hydrogen-bond donors (Lipinski definition) is 2. The van der Waals surface area contributed by atoms with Crippen LogP contribution in [-0.2, 0) is 0 Å². The van der Waals surface area contributed by atoms with Crippen LogP contribution in [0.2, 0.25) is 0 Å². The zero-order valence-corrected chi connectivity index (χ0v) is 4.43. The van der Waals surface area contributed by atoms with Gasteiger partial charge >= 0.3 is 0 Å². The van der Waals surface area contributed by atoms with E-state index < -0.39 is 0 Å². The summed E-state index contributed by atoms with van der Waals surface area (Å²) in [4.78, 5) is 0. The minimum absolute atomic E-state index is 0.583. The van der Waals surface area contributed by atoms with E-state index in [1.807, 2.05) is 0 Å². The van der Waals surface area contributed by atoms with Gasteiger partial charge in [0.2, 0.25) is 0 Å². The lowest BCUT2D eigenvalue weighted by atomic mass is 10.7. The molecule has 0 aromatic rings. The summed E-state index contributed by atoms with van der Waals surface area (Å²) in [5.41, 5.74) is 9.52. The zero-order chi connectivity index (χ0) is 6.12. The highest BCUT2D eigenvalue weighted by molar-refractivity contribution is 4.64. The van der Waals surface area contributed by atoms with E-state index in [9.17, 15) is 0 Å². The Morgan fingerprint density at radius 3 is 1.57 bits per heavy atom. The first-order valence-corrected chi connectivity index (χ1v) is 1.97. The monoisotopic (exact) mass is 100 g/mol. The van der Waals surface area contributed by atoms with E-state index in [1.165, 1.54) is 6.20 Å². The molecule has 0 spiro atoms. The molecular formula is C5H12N2. The molecule has 0 saturated carbocycles. The molecule has 4 N–H and O–H groups in total. The quantitative estimate of drug-likeness (QED) is 0.463. The summed E-state index contributed by atoms with van der Waals surface area (Å²) in [6, 6.07) is 0. The first-order chi connectivity index (χ1) is 3.33. The van der Waals surface area contributed by atoms with Crippen molar-refractivity contribution in [2.24, 2.45) is 11.5 Å². The number of nitrogens with two attached hydrogens (primary N) is 2. The van der Waals surface area contributed by atoms with Gasteiger partial charge in [-0.3, -0.25) is 0 Å². The lowest BCUT2D eigenvalue weighted by molar-refractivity contribution is 1.26. The second kappa shape index (κ2) is 18.8. The fourth-order valence-corrected chi connectivity index (χ4v) is 0. The van der Waals surface area contributed by atoms with Gasteiger partial charge in [0.15, 0.2) is 0 Å². The van der Waals surface area contributed by atoms with Crippen LogP contribution in [0.4, 0.5) is 0 Å². The van der Waals surface area contributed by atoms with Crippen molar-refractivity contribution in [3.63, 3.8) is 0 Å². The molecule has 0 saturated heterocycles. The predicted molar refractivity (Wildman–Crippen MR) is 33.6 cm³/mol.